The number of nitrogens with zero attached hydrogens (tertiary/aromatic N) is 4. The van der Waals surface area contributed by atoms with Crippen LogP contribution in [-0.4, -0.2) is 61.7 Å². The van der Waals surface area contributed by atoms with E-state index < -0.39 is 0 Å². The van der Waals surface area contributed by atoms with Gasteiger partial charge in [-0.15, -0.1) is 0 Å². The van der Waals surface area contributed by atoms with E-state index in [1.54, 1.807) is 0 Å². The van der Waals surface area contributed by atoms with Crippen molar-refractivity contribution in [2.45, 2.75) is 39.7 Å². The Kier molecular flexibility index (Phi) is 4.69. The van der Waals surface area contributed by atoms with Gasteiger partial charge in [0.1, 0.15) is 5.82 Å². The predicted molar refractivity (Wildman–Crippen MR) is 104 cm³/mol. The van der Waals surface area contributed by atoms with Crippen LogP contribution in [0, 0.1) is 0 Å². The number of aryl methyl sites for hydroxylation is 1. The minimum Gasteiger partial charge on any atom is -0.368 e. The highest BCUT2D eigenvalue weighted by atomic mass is 15.3. The van der Waals surface area contributed by atoms with Gasteiger partial charge in [-0.05, 0) is 45.2 Å². The van der Waals surface area contributed by atoms with Gasteiger partial charge < -0.3 is 15.1 Å². The van der Waals surface area contributed by atoms with Gasteiger partial charge in [-0.2, -0.15) is 0 Å². The topological polar surface area (TPSA) is 34.6 Å². The first kappa shape index (κ1) is 16.9. The molecule has 5 heteroatoms. The number of hydrogen-bond acceptors (Lipinski definition) is 5. The summed E-state index contributed by atoms with van der Waals surface area (Å²) >= 11 is 0. The lowest BCUT2D eigenvalue weighted by molar-refractivity contribution is 0.226. The van der Waals surface area contributed by atoms with Crippen molar-refractivity contribution in [1.29, 1.82) is 0 Å². The maximum atomic E-state index is 4.95. The summed E-state index contributed by atoms with van der Waals surface area (Å²) in [7, 11) is 0. The number of fused-ring (bicyclic) bond motifs is 3. The first-order chi connectivity index (χ1) is 12.1. The lowest BCUT2D eigenvalue weighted by atomic mass is 10.1. The molecular formula is C20H31N5. The summed E-state index contributed by atoms with van der Waals surface area (Å²) in [5.74, 6) is 1.20. The standard InChI is InChI=1S/C20H31N5/c1-15(2)24-10-11-25-19(14-24)16(3)4-5-17-12-18(13-22-20(17)25)23-8-6-21-7-9-23/h12-13,15,21H,4-11,14H2,1-3H3. The van der Waals surface area contributed by atoms with Crippen LogP contribution in [0.25, 0.3) is 0 Å². The number of allylic oxidation sites excluding steroid dienone is 1. The minimum absolute atomic E-state index is 0.605. The van der Waals surface area contributed by atoms with Crippen molar-refractivity contribution in [2.75, 3.05) is 55.6 Å². The van der Waals surface area contributed by atoms with Crippen LogP contribution in [0.15, 0.2) is 23.5 Å². The van der Waals surface area contributed by atoms with Crippen LogP contribution in [0.2, 0.25) is 0 Å². The Labute approximate surface area is 151 Å². The molecule has 0 atom stereocenters. The van der Waals surface area contributed by atoms with Gasteiger partial charge >= 0.3 is 0 Å². The summed E-state index contributed by atoms with van der Waals surface area (Å²) < 4.78 is 0. The lowest BCUT2D eigenvalue weighted by Crippen LogP contribution is -2.48. The molecule has 1 N–H and O–H groups in total. The van der Waals surface area contributed by atoms with Gasteiger partial charge in [0.05, 0.1) is 11.9 Å². The highest BCUT2D eigenvalue weighted by molar-refractivity contribution is 5.61. The molecule has 5 nitrogen and oxygen atoms in total. The Morgan fingerprint density at radius 3 is 2.64 bits per heavy atom. The zero-order valence-electron chi connectivity index (χ0n) is 15.9. The summed E-state index contributed by atoms with van der Waals surface area (Å²) in [5.41, 5.74) is 5.73. The summed E-state index contributed by atoms with van der Waals surface area (Å²) in [5, 5.41) is 3.43. The minimum atomic E-state index is 0.605. The van der Waals surface area contributed by atoms with Crippen molar-refractivity contribution in [2.24, 2.45) is 0 Å². The van der Waals surface area contributed by atoms with E-state index in [1.807, 2.05) is 0 Å². The normalized spacial score (nSPS) is 22.1. The highest BCUT2D eigenvalue weighted by Gasteiger charge is 2.29. The molecule has 2 saturated heterocycles. The quantitative estimate of drug-likeness (QED) is 0.892. The van der Waals surface area contributed by atoms with Gasteiger partial charge in [0.25, 0.3) is 0 Å². The number of nitrogens with one attached hydrogen (secondary N) is 1. The summed E-state index contributed by atoms with van der Waals surface area (Å²) in [6.07, 6.45) is 4.35. The summed E-state index contributed by atoms with van der Waals surface area (Å²) in [6, 6.07) is 3.01. The van der Waals surface area contributed by atoms with Crippen LogP contribution in [0.4, 0.5) is 11.5 Å². The second kappa shape index (κ2) is 6.96. The average molecular weight is 342 g/mol. The summed E-state index contributed by atoms with van der Waals surface area (Å²) in [4.78, 5) is 12.5. The van der Waals surface area contributed by atoms with Gasteiger partial charge in [-0.1, -0.05) is 5.57 Å². The number of pyridine rings is 1. The van der Waals surface area contributed by atoms with E-state index in [2.05, 4.69) is 53.1 Å². The lowest BCUT2D eigenvalue weighted by Gasteiger charge is -2.40. The zero-order valence-corrected chi connectivity index (χ0v) is 15.9. The molecule has 0 radical (unpaired) electrons. The fourth-order valence-electron chi connectivity index (χ4n) is 4.24. The summed E-state index contributed by atoms with van der Waals surface area (Å²) in [6.45, 7) is 14.4. The molecule has 0 amide bonds. The SMILES string of the molecule is CC1=C2CN(C(C)C)CCN2c2ncc(N3CCNCC3)cc2CC1. The third-order valence-electron chi connectivity index (χ3n) is 5.95. The molecule has 0 bridgehead atoms. The van der Waals surface area contributed by atoms with E-state index >= 15 is 0 Å². The van der Waals surface area contributed by atoms with Crippen LogP contribution in [-0.2, 0) is 6.42 Å². The first-order valence-corrected chi connectivity index (χ1v) is 9.78. The van der Waals surface area contributed by atoms with Crippen LogP contribution in [0.3, 0.4) is 0 Å². The smallest absolute Gasteiger partial charge is 0.136 e. The van der Waals surface area contributed by atoms with Gasteiger partial charge in [0.15, 0.2) is 0 Å². The molecule has 1 aromatic rings. The molecule has 2 fully saturated rings. The van der Waals surface area contributed by atoms with E-state index in [0.717, 1.165) is 58.7 Å². The van der Waals surface area contributed by atoms with Gasteiger partial charge in [0, 0.05) is 57.6 Å². The fraction of sp³-hybridized carbons (Fsp3) is 0.650. The molecule has 0 saturated carbocycles. The van der Waals surface area contributed by atoms with E-state index in [0.29, 0.717) is 6.04 Å². The molecular weight excluding hydrogens is 310 g/mol. The average Bonchev–Trinajstić information content (AvgIpc) is 2.79. The molecule has 3 aliphatic rings. The Morgan fingerprint density at radius 2 is 1.88 bits per heavy atom. The number of anilines is 2. The molecule has 4 heterocycles. The number of aromatic nitrogens is 1. The highest BCUT2D eigenvalue weighted by Crippen LogP contribution is 2.34. The maximum absolute atomic E-state index is 4.95. The van der Waals surface area contributed by atoms with Crippen molar-refractivity contribution in [3.63, 3.8) is 0 Å². The Morgan fingerprint density at radius 1 is 1.08 bits per heavy atom. The monoisotopic (exact) mass is 341 g/mol. The van der Waals surface area contributed by atoms with Crippen molar-refractivity contribution < 1.29 is 0 Å². The first-order valence-electron chi connectivity index (χ1n) is 9.78. The number of piperazine rings is 2. The fourth-order valence-corrected chi connectivity index (χ4v) is 4.24. The molecule has 0 unspecified atom stereocenters. The van der Waals surface area contributed by atoms with Gasteiger partial charge in [0.2, 0.25) is 0 Å². The molecule has 136 valence electrons. The molecule has 0 aromatic carbocycles. The second-order valence-corrected chi connectivity index (χ2v) is 7.86. The van der Waals surface area contributed by atoms with Gasteiger partial charge in [-0.25, -0.2) is 4.98 Å². The maximum Gasteiger partial charge on any atom is 0.136 e. The molecule has 4 rings (SSSR count). The van der Waals surface area contributed by atoms with E-state index in [1.165, 1.54) is 28.3 Å². The third-order valence-corrected chi connectivity index (χ3v) is 5.95. The molecule has 25 heavy (non-hydrogen) atoms. The Bertz CT molecular complexity index is 660. The Balaban J connectivity index is 1.63. The largest absolute Gasteiger partial charge is 0.368 e. The van der Waals surface area contributed by atoms with Gasteiger partial charge in [-0.3, -0.25) is 4.90 Å². The van der Waals surface area contributed by atoms with Crippen molar-refractivity contribution in [3.05, 3.63) is 29.1 Å². The van der Waals surface area contributed by atoms with Crippen molar-refractivity contribution >= 4 is 11.5 Å². The molecule has 1 aromatic heterocycles. The van der Waals surface area contributed by atoms with Crippen molar-refractivity contribution in [3.8, 4) is 0 Å². The van der Waals surface area contributed by atoms with Crippen LogP contribution < -0.4 is 15.1 Å². The molecule has 0 aliphatic carbocycles. The second-order valence-electron chi connectivity index (χ2n) is 7.86. The third kappa shape index (κ3) is 3.27. The number of rotatable bonds is 2. The molecule has 0 spiro atoms. The van der Waals surface area contributed by atoms with Crippen LogP contribution >= 0.6 is 0 Å². The van der Waals surface area contributed by atoms with Crippen molar-refractivity contribution in [1.82, 2.24) is 15.2 Å². The van der Waals surface area contributed by atoms with E-state index in [4.69, 9.17) is 4.98 Å². The van der Waals surface area contributed by atoms with E-state index in [-0.39, 0.29) is 0 Å². The predicted octanol–water partition coefficient (Wildman–Crippen LogP) is 2.24. The number of hydrogen-bond donors (Lipinski definition) is 1. The van der Waals surface area contributed by atoms with Crippen LogP contribution in [0.1, 0.15) is 32.8 Å². The van der Waals surface area contributed by atoms with Crippen LogP contribution in [0.5, 0.6) is 0 Å². The Hall–Kier alpha value is -1.59. The molecule has 3 aliphatic heterocycles. The van der Waals surface area contributed by atoms with E-state index in [9.17, 15) is 0 Å². The zero-order chi connectivity index (χ0) is 17.4.